The largest absolute Gasteiger partial charge is 0.309 e. The van der Waals surface area contributed by atoms with Gasteiger partial charge in [-0.25, -0.2) is 15.0 Å². The summed E-state index contributed by atoms with van der Waals surface area (Å²) in [4.78, 5) is 14.7. The second kappa shape index (κ2) is 9.58. The van der Waals surface area contributed by atoms with E-state index < -0.39 is 0 Å². The molecule has 0 aliphatic heterocycles. The quantitative estimate of drug-likeness (QED) is 0.235. The normalized spacial score (nSPS) is 11.4. The zero-order chi connectivity index (χ0) is 27.2. The molecule has 0 N–H and O–H groups in total. The SMILES string of the molecule is Cc1ccc2c(c1)c1cc(C)ccc1n2-c1ccc(-c2nc(-c3ccccc3)nc(-c3ccccc3)n2)c(C)c1. The lowest BCUT2D eigenvalue weighted by molar-refractivity contribution is 1.07. The number of hydrogen-bond acceptors (Lipinski definition) is 3. The molecule has 4 nitrogen and oxygen atoms in total. The second-order valence-electron chi connectivity index (χ2n) is 10.4. The molecule has 0 aliphatic carbocycles. The van der Waals surface area contributed by atoms with Crippen LogP contribution in [-0.4, -0.2) is 19.5 Å². The van der Waals surface area contributed by atoms with E-state index in [1.807, 2.05) is 60.7 Å². The van der Waals surface area contributed by atoms with E-state index in [0.29, 0.717) is 17.5 Å². The Bertz CT molecular complexity index is 1910. The van der Waals surface area contributed by atoms with E-state index >= 15 is 0 Å². The summed E-state index contributed by atoms with van der Waals surface area (Å²) in [5.41, 5.74) is 10.1. The monoisotopic (exact) mass is 516 g/mol. The van der Waals surface area contributed by atoms with Crippen LogP contribution in [0.2, 0.25) is 0 Å². The number of aryl methyl sites for hydroxylation is 3. The lowest BCUT2D eigenvalue weighted by Crippen LogP contribution is -2.02. The van der Waals surface area contributed by atoms with Gasteiger partial charge in [-0.3, -0.25) is 0 Å². The summed E-state index contributed by atoms with van der Waals surface area (Å²) in [6, 6.07) is 40.2. The number of hydrogen-bond donors (Lipinski definition) is 0. The van der Waals surface area contributed by atoms with Gasteiger partial charge in [0, 0.05) is 33.2 Å². The summed E-state index contributed by atoms with van der Waals surface area (Å²) in [5, 5.41) is 2.55. The van der Waals surface area contributed by atoms with Crippen molar-refractivity contribution in [3.8, 4) is 39.9 Å². The lowest BCUT2D eigenvalue weighted by Gasteiger charge is -2.13. The molecule has 0 aliphatic rings. The van der Waals surface area contributed by atoms with Crippen LogP contribution in [0.1, 0.15) is 16.7 Å². The Labute approximate surface area is 233 Å². The van der Waals surface area contributed by atoms with Gasteiger partial charge in [0.05, 0.1) is 11.0 Å². The summed E-state index contributed by atoms with van der Waals surface area (Å²) < 4.78 is 2.36. The van der Waals surface area contributed by atoms with Gasteiger partial charge in [-0.1, -0.05) is 83.9 Å². The van der Waals surface area contributed by atoms with Crippen LogP contribution in [0.25, 0.3) is 61.7 Å². The van der Waals surface area contributed by atoms with E-state index in [9.17, 15) is 0 Å². The highest BCUT2D eigenvalue weighted by Crippen LogP contribution is 2.35. The Kier molecular flexibility index (Phi) is 5.75. The highest BCUT2D eigenvalue weighted by atomic mass is 15.0. The predicted octanol–water partition coefficient (Wildman–Crippen LogP) is 8.89. The standard InChI is InChI=1S/C36H28N4/c1-23-14-18-32-30(20-23)31-21-24(2)15-19-33(31)40(32)28-16-17-29(25(3)22-28)36-38-34(26-10-6-4-7-11-26)37-35(39-36)27-12-8-5-9-13-27/h4-22H,1-3H3. The van der Waals surface area contributed by atoms with Crippen LogP contribution < -0.4 is 0 Å². The van der Waals surface area contributed by atoms with Gasteiger partial charge in [-0.05, 0) is 68.8 Å². The molecular weight excluding hydrogens is 488 g/mol. The molecule has 0 saturated carbocycles. The third-order valence-corrected chi connectivity index (χ3v) is 7.48. The first-order chi connectivity index (χ1) is 19.5. The topological polar surface area (TPSA) is 43.6 Å². The molecule has 0 amide bonds. The van der Waals surface area contributed by atoms with Gasteiger partial charge >= 0.3 is 0 Å². The number of nitrogens with zero attached hydrogens (tertiary/aromatic N) is 4. The van der Waals surface area contributed by atoms with Gasteiger partial charge in [-0.15, -0.1) is 0 Å². The third-order valence-electron chi connectivity index (χ3n) is 7.48. The summed E-state index contributed by atoms with van der Waals surface area (Å²) in [6.45, 7) is 6.44. The number of benzene rings is 5. The van der Waals surface area contributed by atoms with Crippen molar-refractivity contribution in [1.29, 1.82) is 0 Å². The highest BCUT2D eigenvalue weighted by molar-refractivity contribution is 6.09. The molecule has 40 heavy (non-hydrogen) atoms. The van der Waals surface area contributed by atoms with E-state index in [1.54, 1.807) is 0 Å². The van der Waals surface area contributed by atoms with Crippen molar-refractivity contribution < 1.29 is 0 Å². The fourth-order valence-corrected chi connectivity index (χ4v) is 5.50. The third kappa shape index (κ3) is 4.15. The zero-order valence-corrected chi connectivity index (χ0v) is 22.8. The van der Waals surface area contributed by atoms with Crippen LogP contribution in [0.5, 0.6) is 0 Å². The molecule has 0 unspecified atom stereocenters. The Balaban J connectivity index is 1.40. The minimum Gasteiger partial charge on any atom is -0.309 e. The van der Waals surface area contributed by atoms with Gasteiger partial charge in [0.15, 0.2) is 17.5 Å². The minimum absolute atomic E-state index is 0.668. The van der Waals surface area contributed by atoms with E-state index in [4.69, 9.17) is 15.0 Å². The first-order valence-electron chi connectivity index (χ1n) is 13.5. The van der Waals surface area contributed by atoms with E-state index in [-0.39, 0.29) is 0 Å². The first kappa shape index (κ1) is 24.0. The Morgan fingerprint density at radius 1 is 0.475 bits per heavy atom. The number of aromatic nitrogens is 4. The minimum atomic E-state index is 0.668. The molecule has 0 saturated heterocycles. The molecule has 0 fully saturated rings. The molecule has 5 aromatic carbocycles. The van der Waals surface area contributed by atoms with Crippen LogP contribution in [0.4, 0.5) is 0 Å². The lowest BCUT2D eigenvalue weighted by atomic mass is 10.1. The van der Waals surface area contributed by atoms with Crippen molar-refractivity contribution in [3.05, 3.63) is 132 Å². The summed E-state index contributed by atoms with van der Waals surface area (Å²) in [5.74, 6) is 2.01. The van der Waals surface area contributed by atoms with E-state index in [0.717, 1.165) is 27.9 Å². The summed E-state index contributed by atoms with van der Waals surface area (Å²) >= 11 is 0. The van der Waals surface area contributed by atoms with Crippen LogP contribution in [0, 0.1) is 20.8 Å². The molecule has 2 aromatic heterocycles. The number of rotatable bonds is 4. The van der Waals surface area contributed by atoms with Gasteiger partial charge in [0.1, 0.15) is 0 Å². The van der Waals surface area contributed by atoms with Gasteiger partial charge in [-0.2, -0.15) is 0 Å². The van der Waals surface area contributed by atoms with Crippen molar-refractivity contribution in [2.45, 2.75) is 20.8 Å². The number of fused-ring (bicyclic) bond motifs is 3. The summed E-state index contributed by atoms with van der Waals surface area (Å²) in [6.07, 6.45) is 0. The molecule has 2 heterocycles. The maximum absolute atomic E-state index is 4.94. The summed E-state index contributed by atoms with van der Waals surface area (Å²) in [7, 11) is 0. The highest BCUT2D eigenvalue weighted by Gasteiger charge is 2.16. The fourth-order valence-electron chi connectivity index (χ4n) is 5.50. The molecule has 0 atom stereocenters. The molecule has 7 aromatic rings. The van der Waals surface area contributed by atoms with Crippen LogP contribution in [0.15, 0.2) is 115 Å². The van der Waals surface area contributed by atoms with Gasteiger partial charge in [0.2, 0.25) is 0 Å². The predicted molar refractivity (Wildman–Crippen MR) is 165 cm³/mol. The molecule has 0 spiro atoms. The average molecular weight is 517 g/mol. The maximum Gasteiger partial charge on any atom is 0.164 e. The average Bonchev–Trinajstić information content (AvgIpc) is 3.30. The molecule has 0 radical (unpaired) electrons. The molecule has 4 heteroatoms. The van der Waals surface area contributed by atoms with Crippen molar-refractivity contribution >= 4 is 21.8 Å². The Morgan fingerprint density at radius 2 is 0.975 bits per heavy atom. The van der Waals surface area contributed by atoms with Crippen molar-refractivity contribution in [1.82, 2.24) is 19.5 Å². The maximum atomic E-state index is 4.94. The second-order valence-corrected chi connectivity index (χ2v) is 10.4. The van der Waals surface area contributed by atoms with Crippen LogP contribution in [0.3, 0.4) is 0 Å². The van der Waals surface area contributed by atoms with Gasteiger partial charge in [0.25, 0.3) is 0 Å². The molecular formula is C36H28N4. The van der Waals surface area contributed by atoms with E-state index in [1.165, 1.54) is 32.9 Å². The van der Waals surface area contributed by atoms with Crippen molar-refractivity contribution in [2.75, 3.05) is 0 Å². The van der Waals surface area contributed by atoms with Crippen molar-refractivity contribution in [2.24, 2.45) is 0 Å². The molecule has 192 valence electrons. The van der Waals surface area contributed by atoms with Crippen LogP contribution >= 0.6 is 0 Å². The first-order valence-corrected chi connectivity index (χ1v) is 13.5. The molecule has 7 rings (SSSR count). The Hall–Kier alpha value is -5.09. The van der Waals surface area contributed by atoms with E-state index in [2.05, 4.69) is 79.9 Å². The molecule has 0 bridgehead atoms. The zero-order valence-electron chi connectivity index (χ0n) is 22.8. The fraction of sp³-hybridized carbons (Fsp3) is 0.0833. The van der Waals surface area contributed by atoms with Gasteiger partial charge < -0.3 is 4.57 Å². The Morgan fingerprint density at radius 3 is 1.48 bits per heavy atom. The van der Waals surface area contributed by atoms with Crippen molar-refractivity contribution in [3.63, 3.8) is 0 Å². The van der Waals surface area contributed by atoms with Crippen LogP contribution in [-0.2, 0) is 0 Å². The smallest absolute Gasteiger partial charge is 0.164 e.